The van der Waals surface area contributed by atoms with E-state index in [1.165, 1.54) is 24.4 Å². The van der Waals surface area contributed by atoms with Crippen LogP contribution in [0.5, 0.6) is 5.75 Å². The molecule has 2 aromatic heterocycles. The molecular weight excluding hydrogens is 341 g/mol. The highest BCUT2D eigenvalue weighted by Crippen LogP contribution is 2.25. The van der Waals surface area contributed by atoms with Gasteiger partial charge in [-0.15, -0.1) is 13.2 Å². The molecule has 7 nitrogen and oxygen atoms in total. The number of nitrogens with one attached hydrogen (secondary N) is 2. The van der Waals surface area contributed by atoms with Crippen LogP contribution in [0.3, 0.4) is 0 Å². The standard InChI is InChI=1S/C15H11F3N4O3/c1-8-5-12(23)22-13(20-8)11(7-19-22)14(24)21-9-3-2-4-10(6-9)25-15(16,17)18/h2-7,19H,1H3,(H,21,24). The van der Waals surface area contributed by atoms with Gasteiger partial charge in [-0.25, -0.2) is 9.50 Å². The molecule has 130 valence electrons. The molecule has 25 heavy (non-hydrogen) atoms. The highest BCUT2D eigenvalue weighted by atomic mass is 19.4. The number of halogens is 3. The van der Waals surface area contributed by atoms with Gasteiger partial charge in [-0.2, -0.15) is 0 Å². The van der Waals surface area contributed by atoms with Gasteiger partial charge < -0.3 is 10.1 Å². The van der Waals surface area contributed by atoms with Crippen molar-refractivity contribution in [1.29, 1.82) is 0 Å². The molecule has 1 amide bonds. The van der Waals surface area contributed by atoms with Crippen LogP contribution >= 0.6 is 0 Å². The van der Waals surface area contributed by atoms with Gasteiger partial charge in [0.2, 0.25) is 0 Å². The van der Waals surface area contributed by atoms with Crippen LogP contribution in [0, 0.1) is 6.92 Å². The zero-order valence-electron chi connectivity index (χ0n) is 12.7. The molecule has 1 aromatic carbocycles. The molecule has 2 N–H and O–H groups in total. The van der Waals surface area contributed by atoms with Crippen molar-refractivity contribution in [3.8, 4) is 5.75 Å². The molecule has 3 rings (SSSR count). The van der Waals surface area contributed by atoms with Crippen LogP contribution < -0.4 is 15.6 Å². The van der Waals surface area contributed by atoms with E-state index in [-0.39, 0.29) is 22.5 Å². The summed E-state index contributed by atoms with van der Waals surface area (Å²) in [5.74, 6) is -1.10. The molecule has 0 fully saturated rings. The normalized spacial score (nSPS) is 11.5. The van der Waals surface area contributed by atoms with Gasteiger partial charge in [0.05, 0.1) is 0 Å². The lowest BCUT2D eigenvalue weighted by molar-refractivity contribution is -0.274. The van der Waals surface area contributed by atoms with E-state index in [0.717, 1.165) is 16.6 Å². The number of hydrogen-bond donors (Lipinski definition) is 2. The van der Waals surface area contributed by atoms with Crippen molar-refractivity contribution in [2.45, 2.75) is 13.3 Å². The first-order valence-electron chi connectivity index (χ1n) is 6.98. The Morgan fingerprint density at radius 1 is 1.32 bits per heavy atom. The number of carbonyl (C=O) groups is 1. The second-order valence-electron chi connectivity index (χ2n) is 5.11. The molecular formula is C15H11F3N4O3. The number of ether oxygens (including phenoxy) is 1. The Kier molecular flexibility index (Phi) is 3.95. The number of H-pyrrole nitrogens is 1. The quantitative estimate of drug-likeness (QED) is 0.758. The van der Waals surface area contributed by atoms with E-state index in [1.807, 2.05) is 0 Å². The number of fused-ring (bicyclic) bond motifs is 1. The van der Waals surface area contributed by atoms with E-state index in [1.54, 1.807) is 6.92 Å². The van der Waals surface area contributed by atoms with Gasteiger partial charge in [0.15, 0.2) is 5.65 Å². The van der Waals surface area contributed by atoms with Crippen molar-refractivity contribution < 1.29 is 22.7 Å². The molecule has 3 aromatic rings. The molecule has 0 saturated heterocycles. The van der Waals surface area contributed by atoms with Crippen LogP contribution in [0.4, 0.5) is 18.9 Å². The molecule has 2 heterocycles. The average Bonchev–Trinajstić information content (AvgIpc) is 2.89. The van der Waals surface area contributed by atoms with Crippen molar-refractivity contribution in [3.05, 3.63) is 58.1 Å². The average molecular weight is 352 g/mol. The number of amides is 1. The Labute approximate surface area is 138 Å². The van der Waals surface area contributed by atoms with E-state index >= 15 is 0 Å². The summed E-state index contributed by atoms with van der Waals surface area (Å²) in [6.07, 6.45) is -3.54. The Bertz CT molecular complexity index is 1010. The van der Waals surface area contributed by atoms with Crippen molar-refractivity contribution in [1.82, 2.24) is 14.6 Å². The largest absolute Gasteiger partial charge is 0.573 e. The third-order valence-corrected chi connectivity index (χ3v) is 3.20. The maximum absolute atomic E-state index is 12.4. The zero-order valence-corrected chi connectivity index (χ0v) is 12.7. The minimum absolute atomic E-state index is 0.0722. The van der Waals surface area contributed by atoms with Gasteiger partial charge >= 0.3 is 6.36 Å². The first-order valence-corrected chi connectivity index (χ1v) is 6.98. The highest BCUT2D eigenvalue weighted by molar-refractivity contribution is 6.08. The van der Waals surface area contributed by atoms with Crippen LogP contribution in [-0.2, 0) is 0 Å². The SMILES string of the molecule is Cc1cc(=O)n2[nH]cc(C(=O)Nc3cccc(OC(F)(F)F)c3)c2n1. The highest BCUT2D eigenvalue weighted by Gasteiger charge is 2.31. The van der Waals surface area contributed by atoms with E-state index in [9.17, 15) is 22.8 Å². The molecule has 0 saturated carbocycles. The number of anilines is 1. The maximum Gasteiger partial charge on any atom is 0.573 e. The Morgan fingerprint density at radius 3 is 2.80 bits per heavy atom. The molecule has 0 bridgehead atoms. The molecule has 0 aliphatic rings. The molecule has 0 aliphatic heterocycles. The minimum Gasteiger partial charge on any atom is -0.406 e. The molecule has 0 atom stereocenters. The summed E-state index contributed by atoms with van der Waals surface area (Å²) < 4.78 is 41.7. The number of carbonyl (C=O) groups excluding carboxylic acids is 1. The van der Waals surface area contributed by atoms with Crippen molar-refractivity contribution in [3.63, 3.8) is 0 Å². The lowest BCUT2D eigenvalue weighted by atomic mass is 10.2. The number of alkyl halides is 3. The van der Waals surface area contributed by atoms with Gasteiger partial charge in [0.25, 0.3) is 11.5 Å². The fraction of sp³-hybridized carbons (Fsp3) is 0.133. The first kappa shape index (κ1) is 16.6. The summed E-state index contributed by atoms with van der Waals surface area (Å²) in [6, 6.07) is 6.15. The Hall–Kier alpha value is -3.30. The monoisotopic (exact) mass is 352 g/mol. The summed E-state index contributed by atoms with van der Waals surface area (Å²) in [7, 11) is 0. The summed E-state index contributed by atoms with van der Waals surface area (Å²) in [5.41, 5.74) is 0.329. The van der Waals surface area contributed by atoms with Crippen molar-refractivity contribution in [2.24, 2.45) is 0 Å². The van der Waals surface area contributed by atoms with Crippen LogP contribution in [0.25, 0.3) is 5.65 Å². The van der Waals surface area contributed by atoms with Gasteiger partial charge in [-0.3, -0.25) is 14.7 Å². The number of benzene rings is 1. The molecule has 0 radical (unpaired) electrons. The van der Waals surface area contributed by atoms with Crippen LogP contribution in [0.2, 0.25) is 0 Å². The van der Waals surface area contributed by atoms with Crippen LogP contribution in [0.15, 0.2) is 41.3 Å². The fourth-order valence-electron chi connectivity index (χ4n) is 2.23. The second kappa shape index (κ2) is 5.96. The van der Waals surface area contributed by atoms with E-state index in [4.69, 9.17) is 0 Å². The fourth-order valence-corrected chi connectivity index (χ4v) is 2.23. The van der Waals surface area contributed by atoms with E-state index in [0.29, 0.717) is 5.69 Å². The smallest absolute Gasteiger partial charge is 0.406 e. The van der Waals surface area contributed by atoms with Crippen LogP contribution in [0.1, 0.15) is 16.1 Å². The van der Waals surface area contributed by atoms with Gasteiger partial charge in [-0.05, 0) is 19.1 Å². The number of hydrogen-bond acceptors (Lipinski definition) is 4. The number of aromatic amines is 1. The maximum atomic E-state index is 12.4. The predicted octanol–water partition coefficient (Wildman–Crippen LogP) is 2.48. The molecule has 0 spiro atoms. The van der Waals surface area contributed by atoms with Gasteiger partial charge in [-0.1, -0.05) is 6.07 Å². The Balaban J connectivity index is 1.88. The second-order valence-corrected chi connectivity index (χ2v) is 5.11. The van der Waals surface area contributed by atoms with Crippen molar-refractivity contribution >= 4 is 17.2 Å². The van der Waals surface area contributed by atoms with Crippen LogP contribution in [-0.4, -0.2) is 26.9 Å². The predicted molar refractivity (Wildman–Crippen MR) is 81.6 cm³/mol. The topological polar surface area (TPSA) is 88.5 Å². The van der Waals surface area contributed by atoms with Crippen molar-refractivity contribution in [2.75, 3.05) is 5.32 Å². The summed E-state index contributed by atoms with van der Waals surface area (Å²) >= 11 is 0. The summed E-state index contributed by atoms with van der Waals surface area (Å²) in [5, 5.41) is 5.04. The zero-order chi connectivity index (χ0) is 18.2. The number of aryl methyl sites for hydroxylation is 1. The van der Waals surface area contributed by atoms with E-state index in [2.05, 4.69) is 20.1 Å². The number of nitrogens with zero attached hydrogens (tertiary/aromatic N) is 2. The minimum atomic E-state index is -4.83. The third kappa shape index (κ3) is 3.62. The van der Waals surface area contributed by atoms with Gasteiger partial charge in [0, 0.05) is 29.7 Å². The Morgan fingerprint density at radius 2 is 2.08 bits per heavy atom. The lowest BCUT2D eigenvalue weighted by Gasteiger charge is -2.10. The molecule has 0 unspecified atom stereocenters. The first-order chi connectivity index (χ1) is 11.7. The van der Waals surface area contributed by atoms with Gasteiger partial charge in [0.1, 0.15) is 11.3 Å². The number of rotatable bonds is 3. The molecule has 10 heteroatoms. The van der Waals surface area contributed by atoms with E-state index < -0.39 is 18.0 Å². The lowest BCUT2D eigenvalue weighted by Crippen LogP contribution is -2.18. The number of aromatic nitrogens is 3. The molecule has 0 aliphatic carbocycles. The summed E-state index contributed by atoms with van der Waals surface area (Å²) in [4.78, 5) is 28.3. The summed E-state index contributed by atoms with van der Waals surface area (Å²) in [6.45, 7) is 1.61. The third-order valence-electron chi connectivity index (χ3n) is 3.20.